The largest absolute Gasteiger partial charge is 0.519 e. The molecule has 0 bridgehead atoms. The number of rotatable bonds is 4. The molecule has 0 saturated carbocycles. The highest BCUT2D eigenvalue weighted by Crippen LogP contribution is 2.28. The second kappa shape index (κ2) is 6.75. The lowest BCUT2D eigenvalue weighted by Crippen LogP contribution is -2.15. The second-order valence-corrected chi connectivity index (χ2v) is 4.00. The van der Waals surface area contributed by atoms with Crippen LogP contribution >= 0.6 is 0 Å². The first kappa shape index (κ1) is 15.6. The maximum atomic E-state index is 13.8. The highest BCUT2D eigenvalue weighted by Gasteiger charge is 2.18. The highest BCUT2D eigenvalue weighted by molar-refractivity contribution is 5.67. The molecule has 22 heavy (non-hydrogen) atoms. The van der Waals surface area contributed by atoms with E-state index in [0.717, 1.165) is 0 Å². The molecule has 0 aliphatic heterocycles. The number of hydrogen-bond acceptors (Lipinski definition) is 5. The van der Waals surface area contributed by atoms with Crippen LogP contribution in [0.5, 0.6) is 23.0 Å². The van der Waals surface area contributed by atoms with Gasteiger partial charge in [0.05, 0.1) is 14.2 Å². The second-order valence-electron chi connectivity index (χ2n) is 4.00. The molecule has 0 aliphatic rings. The molecule has 2 aromatic rings. The predicted octanol–water partition coefficient (Wildman–Crippen LogP) is 3.56. The fraction of sp³-hybridized carbons (Fsp3) is 0.133. The number of benzene rings is 2. The van der Waals surface area contributed by atoms with Crippen LogP contribution < -0.4 is 18.9 Å². The van der Waals surface area contributed by atoms with Crippen molar-refractivity contribution in [2.24, 2.45) is 0 Å². The van der Waals surface area contributed by atoms with Crippen LogP contribution in [0.4, 0.5) is 13.6 Å². The zero-order valence-electron chi connectivity index (χ0n) is 11.8. The van der Waals surface area contributed by atoms with Gasteiger partial charge in [0, 0.05) is 0 Å². The fourth-order valence-electron chi connectivity index (χ4n) is 1.65. The Bertz CT molecular complexity index is 630. The Kier molecular flexibility index (Phi) is 4.77. The molecule has 0 amide bonds. The Morgan fingerprint density at radius 2 is 1.14 bits per heavy atom. The van der Waals surface area contributed by atoms with Crippen LogP contribution in [0.3, 0.4) is 0 Å². The first-order valence-corrected chi connectivity index (χ1v) is 6.11. The molecule has 0 heterocycles. The highest BCUT2D eigenvalue weighted by atomic mass is 19.1. The molecule has 2 rings (SSSR count). The predicted molar refractivity (Wildman–Crippen MR) is 72.6 cm³/mol. The molecule has 0 aromatic heterocycles. The van der Waals surface area contributed by atoms with Crippen LogP contribution in [0.2, 0.25) is 0 Å². The molecular weight excluding hydrogens is 298 g/mol. The molecule has 0 N–H and O–H groups in total. The summed E-state index contributed by atoms with van der Waals surface area (Å²) in [5.74, 6) is -2.72. The van der Waals surface area contributed by atoms with E-state index in [1.165, 1.54) is 50.6 Å². The van der Waals surface area contributed by atoms with E-state index in [1.807, 2.05) is 0 Å². The van der Waals surface area contributed by atoms with E-state index in [4.69, 9.17) is 18.9 Å². The Morgan fingerprint density at radius 3 is 1.50 bits per heavy atom. The van der Waals surface area contributed by atoms with Crippen molar-refractivity contribution in [1.29, 1.82) is 0 Å². The Labute approximate surface area is 125 Å². The van der Waals surface area contributed by atoms with E-state index in [1.54, 1.807) is 0 Å². The summed E-state index contributed by atoms with van der Waals surface area (Å²) in [5, 5.41) is 0. The molecule has 2 aromatic carbocycles. The molecule has 5 nitrogen and oxygen atoms in total. The number of halogens is 2. The zero-order chi connectivity index (χ0) is 16.1. The molecule has 7 heteroatoms. The quantitative estimate of drug-likeness (QED) is 0.638. The summed E-state index contributed by atoms with van der Waals surface area (Å²) in [7, 11) is 2.54. The third kappa shape index (κ3) is 3.25. The van der Waals surface area contributed by atoms with E-state index in [0.29, 0.717) is 0 Å². The van der Waals surface area contributed by atoms with E-state index in [9.17, 15) is 13.6 Å². The standard InChI is InChI=1S/C15H12F2O5/c1-19-9-5-3-7-11(13(9)16)21-15(18)22-12-8-4-6-10(20-2)14(12)17/h3-8H,1-2H3. The van der Waals surface area contributed by atoms with E-state index in [-0.39, 0.29) is 11.5 Å². The van der Waals surface area contributed by atoms with Crippen LogP contribution in [0.1, 0.15) is 0 Å². The first-order chi connectivity index (χ1) is 10.6. The summed E-state index contributed by atoms with van der Waals surface area (Å²) in [4.78, 5) is 11.6. The van der Waals surface area contributed by atoms with Gasteiger partial charge in [0.15, 0.2) is 23.0 Å². The molecule has 0 unspecified atom stereocenters. The van der Waals surface area contributed by atoms with E-state index in [2.05, 4.69) is 0 Å². The van der Waals surface area contributed by atoms with Crippen LogP contribution in [-0.4, -0.2) is 20.4 Å². The SMILES string of the molecule is COc1cccc(OC(=O)Oc2cccc(OC)c2F)c1F. The van der Waals surface area contributed by atoms with Gasteiger partial charge < -0.3 is 18.9 Å². The van der Waals surface area contributed by atoms with E-state index >= 15 is 0 Å². The van der Waals surface area contributed by atoms with Gasteiger partial charge in [0.1, 0.15) is 0 Å². The minimum Gasteiger partial charge on any atom is -0.494 e. The zero-order valence-corrected chi connectivity index (χ0v) is 11.8. The summed E-state index contributed by atoms with van der Waals surface area (Å²) >= 11 is 0. The molecule has 116 valence electrons. The summed E-state index contributed by atoms with van der Waals surface area (Å²) < 4.78 is 46.5. The molecule has 0 atom stereocenters. The smallest absolute Gasteiger partial charge is 0.494 e. The molecule has 0 radical (unpaired) electrons. The van der Waals surface area contributed by atoms with Gasteiger partial charge in [-0.05, 0) is 24.3 Å². The number of methoxy groups -OCH3 is 2. The van der Waals surface area contributed by atoms with Gasteiger partial charge >= 0.3 is 6.16 Å². The lowest BCUT2D eigenvalue weighted by Gasteiger charge is -2.09. The van der Waals surface area contributed by atoms with Crippen molar-refractivity contribution in [3.8, 4) is 23.0 Å². The van der Waals surface area contributed by atoms with Crippen molar-refractivity contribution in [2.45, 2.75) is 0 Å². The minimum absolute atomic E-state index is 0.0992. The Morgan fingerprint density at radius 1 is 0.773 bits per heavy atom. The van der Waals surface area contributed by atoms with Crippen LogP contribution in [0, 0.1) is 11.6 Å². The van der Waals surface area contributed by atoms with Gasteiger partial charge in [-0.1, -0.05) is 12.1 Å². The third-order valence-corrected chi connectivity index (χ3v) is 2.68. The maximum Gasteiger partial charge on any atom is 0.519 e. The van der Waals surface area contributed by atoms with Gasteiger partial charge in [-0.25, -0.2) is 4.79 Å². The average Bonchev–Trinajstić information content (AvgIpc) is 2.51. The lowest BCUT2D eigenvalue weighted by atomic mass is 10.3. The molecule has 0 fully saturated rings. The molecular formula is C15H12F2O5. The summed E-state index contributed by atoms with van der Waals surface area (Å²) in [6, 6.07) is 7.99. The van der Waals surface area contributed by atoms with Crippen LogP contribution in [0.25, 0.3) is 0 Å². The lowest BCUT2D eigenvalue weighted by molar-refractivity contribution is 0.147. The minimum atomic E-state index is -1.29. The number of carbonyl (C=O) groups excluding carboxylic acids is 1. The monoisotopic (exact) mass is 310 g/mol. The number of hydrogen-bond donors (Lipinski definition) is 0. The molecule has 0 aliphatic carbocycles. The van der Waals surface area contributed by atoms with Crippen molar-refractivity contribution < 1.29 is 32.5 Å². The fourth-order valence-corrected chi connectivity index (χ4v) is 1.65. The van der Waals surface area contributed by atoms with Crippen LogP contribution in [-0.2, 0) is 0 Å². The first-order valence-electron chi connectivity index (χ1n) is 6.11. The Balaban J connectivity index is 2.14. The summed E-state index contributed by atoms with van der Waals surface area (Å²) in [6.45, 7) is 0. The van der Waals surface area contributed by atoms with Crippen molar-refractivity contribution in [1.82, 2.24) is 0 Å². The van der Waals surface area contributed by atoms with Gasteiger partial charge in [-0.15, -0.1) is 0 Å². The summed E-state index contributed by atoms with van der Waals surface area (Å²) in [6.07, 6.45) is -1.29. The van der Waals surface area contributed by atoms with Crippen LogP contribution in [0.15, 0.2) is 36.4 Å². The summed E-state index contributed by atoms with van der Waals surface area (Å²) in [5.41, 5.74) is 0. The third-order valence-electron chi connectivity index (χ3n) is 2.68. The van der Waals surface area contributed by atoms with Gasteiger partial charge in [0.2, 0.25) is 11.6 Å². The number of carbonyl (C=O) groups is 1. The number of ether oxygens (including phenoxy) is 4. The van der Waals surface area contributed by atoms with Gasteiger partial charge in [-0.2, -0.15) is 8.78 Å². The van der Waals surface area contributed by atoms with Crippen molar-refractivity contribution in [2.75, 3.05) is 14.2 Å². The normalized spacial score (nSPS) is 10.0. The molecule has 0 spiro atoms. The molecule has 0 saturated heterocycles. The van der Waals surface area contributed by atoms with Crippen molar-refractivity contribution in [3.63, 3.8) is 0 Å². The topological polar surface area (TPSA) is 54.0 Å². The maximum absolute atomic E-state index is 13.8. The van der Waals surface area contributed by atoms with E-state index < -0.39 is 29.3 Å². The van der Waals surface area contributed by atoms with Gasteiger partial charge in [-0.3, -0.25) is 0 Å². The van der Waals surface area contributed by atoms with Crippen molar-refractivity contribution >= 4 is 6.16 Å². The van der Waals surface area contributed by atoms with Crippen molar-refractivity contribution in [3.05, 3.63) is 48.0 Å². The van der Waals surface area contributed by atoms with Gasteiger partial charge in [0.25, 0.3) is 0 Å². The Hall–Kier alpha value is -2.83. The average molecular weight is 310 g/mol.